The van der Waals surface area contributed by atoms with E-state index in [0.717, 1.165) is 5.56 Å². The summed E-state index contributed by atoms with van der Waals surface area (Å²) in [6.07, 6.45) is -0.0979. The number of aryl methyl sites for hydroxylation is 1. The van der Waals surface area contributed by atoms with Crippen molar-refractivity contribution in [1.29, 1.82) is 0 Å². The second kappa shape index (κ2) is 6.80. The van der Waals surface area contributed by atoms with Gasteiger partial charge in [-0.25, -0.2) is 4.79 Å². The van der Waals surface area contributed by atoms with E-state index in [1.807, 2.05) is 33.8 Å². The number of amides is 2. The summed E-state index contributed by atoms with van der Waals surface area (Å²) in [6.45, 7) is 7.59. The van der Waals surface area contributed by atoms with Crippen LogP contribution in [0.3, 0.4) is 0 Å². The quantitative estimate of drug-likeness (QED) is 0.889. The second-order valence-corrected chi connectivity index (χ2v) is 6.27. The van der Waals surface area contributed by atoms with Crippen molar-refractivity contribution in [1.82, 2.24) is 4.90 Å². The van der Waals surface area contributed by atoms with E-state index in [9.17, 15) is 9.59 Å². The highest BCUT2D eigenvalue weighted by Gasteiger charge is 2.26. The van der Waals surface area contributed by atoms with Gasteiger partial charge in [0.15, 0.2) is 0 Å². The third kappa shape index (κ3) is 5.27. The van der Waals surface area contributed by atoms with Crippen LogP contribution in [0.1, 0.15) is 32.8 Å². The number of rotatable bonds is 4. The Morgan fingerprint density at radius 2 is 1.95 bits per heavy atom. The first kappa shape index (κ1) is 17.3. The maximum Gasteiger partial charge on any atom is 0.322 e. The van der Waals surface area contributed by atoms with Crippen molar-refractivity contribution in [3.8, 4) is 0 Å². The molecule has 1 aromatic rings. The Kier molecular flexibility index (Phi) is 5.61. The van der Waals surface area contributed by atoms with Gasteiger partial charge in [0.2, 0.25) is 0 Å². The third-order valence-corrected chi connectivity index (χ3v) is 3.43. The number of hydrogen-bond acceptors (Lipinski definition) is 2. The number of carboxylic acid groups (broad SMARTS) is 1. The topological polar surface area (TPSA) is 69.6 Å². The molecule has 0 aliphatic heterocycles. The van der Waals surface area contributed by atoms with Gasteiger partial charge in [-0.05, 0) is 45.4 Å². The molecule has 2 amide bonds. The van der Waals surface area contributed by atoms with Crippen molar-refractivity contribution in [2.75, 3.05) is 11.9 Å². The molecule has 0 radical (unpaired) electrons. The summed E-state index contributed by atoms with van der Waals surface area (Å²) >= 11 is 6.03. The molecule has 0 atom stereocenters. The molecular weight excluding hydrogens is 292 g/mol. The highest BCUT2D eigenvalue weighted by atomic mass is 35.5. The van der Waals surface area contributed by atoms with Crippen LogP contribution < -0.4 is 5.32 Å². The zero-order valence-corrected chi connectivity index (χ0v) is 13.5. The van der Waals surface area contributed by atoms with E-state index in [1.54, 1.807) is 12.1 Å². The molecule has 2 N–H and O–H groups in total. The number of nitrogens with one attached hydrogen (secondary N) is 1. The van der Waals surface area contributed by atoms with Crippen molar-refractivity contribution < 1.29 is 14.7 Å². The van der Waals surface area contributed by atoms with Gasteiger partial charge in [-0.1, -0.05) is 17.7 Å². The summed E-state index contributed by atoms with van der Waals surface area (Å²) < 4.78 is 0. The molecule has 0 aliphatic rings. The minimum absolute atomic E-state index is 0.0979. The van der Waals surface area contributed by atoms with Gasteiger partial charge in [-0.2, -0.15) is 0 Å². The van der Waals surface area contributed by atoms with Gasteiger partial charge < -0.3 is 15.3 Å². The highest BCUT2D eigenvalue weighted by Crippen LogP contribution is 2.21. The van der Waals surface area contributed by atoms with Gasteiger partial charge in [0.25, 0.3) is 0 Å². The van der Waals surface area contributed by atoms with E-state index < -0.39 is 11.5 Å². The fourth-order valence-corrected chi connectivity index (χ4v) is 1.99. The first-order valence-electron chi connectivity index (χ1n) is 6.68. The normalized spacial score (nSPS) is 11.1. The highest BCUT2D eigenvalue weighted by molar-refractivity contribution is 6.31. The lowest BCUT2D eigenvalue weighted by Gasteiger charge is -2.35. The Balaban J connectivity index is 2.85. The SMILES string of the molecule is Cc1ccc(NC(=O)N(CCC(=O)O)C(C)(C)C)cc1Cl. The lowest BCUT2D eigenvalue weighted by Crippen LogP contribution is -2.48. The van der Waals surface area contributed by atoms with Crippen molar-refractivity contribution in [3.63, 3.8) is 0 Å². The average molecular weight is 313 g/mol. The predicted molar refractivity (Wildman–Crippen MR) is 83.9 cm³/mol. The van der Waals surface area contributed by atoms with Gasteiger partial charge >= 0.3 is 12.0 Å². The van der Waals surface area contributed by atoms with E-state index in [0.29, 0.717) is 10.7 Å². The summed E-state index contributed by atoms with van der Waals surface area (Å²) in [6, 6.07) is 4.91. The Morgan fingerprint density at radius 3 is 2.43 bits per heavy atom. The van der Waals surface area contributed by atoms with Gasteiger partial charge in [0.05, 0.1) is 6.42 Å². The lowest BCUT2D eigenvalue weighted by atomic mass is 10.1. The number of carboxylic acids is 1. The number of aliphatic carboxylic acids is 1. The van der Waals surface area contributed by atoms with Crippen LogP contribution in [-0.2, 0) is 4.79 Å². The molecule has 5 nitrogen and oxygen atoms in total. The van der Waals surface area contributed by atoms with Crippen molar-refractivity contribution in [3.05, 3.63) is 28.8 Å². The molecule has 0 aliphatic carbocycles. The maximum atomic E-state index is 12.3. The number of halogens is 1. The fourth-order valence-electron chi connectivity index (χ4n) is 1.81. The Hall–Kier alpha value is -1.75. The molecule has 0 aromatic heterocycles. The third-order valence-electron chi connectivity index (χ3n) is 3.03. The molecule has 0 heterocycles. The van der Waals surface area contributed by atoms with Gasteiger partial charge in [-0.3, -0.25) is 4.79 Å². The van der Waals surface area contributed by atoms with E-state index in [-0.39, 0.29) is 19.0 Å². The number of anilines is 1. The monoisotopic (exact) mass is 312 g/mol. The summed E-state index contributed by atoms with van der Waals surface area (Å²) in [5.74, 6) is -0.935. The van der Waals surface area contributed by atoms with E-state index >= 15 is 0 Å². The minimum Gasteiger partial charge on any atom is -0.481 e. The number of benzene rings is 1. The lowest BCUT2D eigenvalue weighted by molar-refractivity contribution is -0.137. The first-order valence-corrected chi connectivity index (χ1v) is 7.05. The largest absolute Gasteiger partial charge is 0.481 e. The summed E-state index contributed by atoms with van der Waals surface area (Å²) in [7, 11) is 0. The molecular formula is C15H21ClN2O3. The minimum atomic E-state index is -0.935. The predicted octanol–water partition coefficient (Wildman–Crippen LogP) is 3.76. The van der Waals surface area contributed by atoms with Crippen molar-refractivity contribution >= 4 is 29.3 Å². The maximum absolute atomic E-state index is 12.3. The van der Waals surface area contributed by atoms with Crippen molar-refractivity contribution in [2.45, 2.75) is 39.7 Å². The molecule has 0 fully saturated rings. The average Bonchev–Trinajstić information content (AvgIpc) is 2.32. The number of hydrogen-bond donors (Lipinski definition) is 2. The van der Waals surface area contributed by atoms with Gasteiger partial charge in [0.1, 0.15) is 0 Å². The zero-order chi connectivity index (χ0) is 16.2. The molecule has 6 heteroatoms. The zero-order valence-electron chi connectivity index (χ0n) is 12.7. The molecule has 0 saturated heterocycles. The van der Waals surface area contributed by atoms with Crippen LogP contribution in [0, 0.1) is 6.92 Å². The van der Waals surface area contributed by atoms with E-state index in [1.165, 1.54) is 4.90 Å². The van der Waals surface area contributed by atoms with Crippen molar-refractivity contribution in [2.24, 2.45) is 0 Å². The molecule has 1 aromatic carbocycles. The number of urea groups is 1. The fraction of sp³-hybridized carbons (Fsp3) is 0.467. The van der Waals surface area contributed by atoms with Crippen LogP contribution in [0.2, 0.25) is 5.02 Å². The number of carbonyl (C=O) groups excluding carboxylic acids is 1. The summed E-state index contributed by atoms with van der Waals surface area (Å²) in [5, 5.41) is 12.1. The Bertz CT molecular complexity index is 538. The van der Waals surface area contributed by atoms with E-state index in [4.69, 9.17) is 16.7 Å². The summed E-state index contributed by atoms with van der Waals surface area (Å²) in [4.78, 5) is 24.6. The van der Waals surface area contributed by atoms with Crippen LogP contribution in [0.25, 0.3) is 0 Å². The molecule has 116 valence electrons. The Morgan fingerprint density at radius 1 is 1.33 bits per heavy atom. The van der Waals surface area contributed by atoms with Crippen LogP contribution in [0.5, 0.6) is 0 Å². The van der Waals surface area contributed by atoms with Crippen LogP contribution >= 0.6 is 11.6 Å². The molecule has 21 heavy (non-hydrogen) atoms. The van der Waals surface area contributed by atoms with E-state index in [2.05, 4.69) is 5.32 Å². The molecule has 0 bridgehead atoms. The second-order valence-electron chi connectivity index (χ2n) is 5.86. The van der Waals surface area contributed by atoms with Gasteiger partial charge in [0, 0.05) is 22.8 Å². The first-order chi connectivity index (χ1) is 9.61. The standard InChI is InChI=1S/C15H21ClN2O3/c1-10-5-6-11(9-12(10)16)17-14(21)18(15(2,3)4)8-7-13(19)20/h5-6,9H,7-8H2,1-4H3,(H,17,21)(H,19,20). The molecule has 0 saturated carbocycles. The van der Waals surface area contributed by atoms with Crippen LogP contribution in [0.4, 0.5) is 10.5 Å². The molecule has 0 spiro atoms. The number of carbonyl (C=O) groups is 2. The number of nitrogens with zero attached hydrogens (tertiary/aromatic N) is 1. The van der Waals surface area contributed by atoms with Gasteiger partial charge in [-0.15, -0.1) is 0 Å². The van der Waals surface area contributed by atoms with Crippen LogP contribution in [-0.4, -0.2) is 34.1 Å². The Labute approximate surface area is 129 Å². The molecule has 1 rings (SSSR count). The summed E-state index contributed by atoms with van der Waals surface area (Å²) in [5.41, 5.74) is 1.03. The smallest absolute Gasteiger partial charge is 0.322 e. The van der Waals surface area contributed by atoms with Crippen LogP contribution in [0.15, 0.2) is 18.2 Å². The molecule has 0 unspecified atom stereocenters.